The lowest BCUT2D eigenvalue weighted by molar-refractivity contribution is 0.470. The molecule has 0 saturated heterocycles. The topological polar surface area (TPSA) is 43.7 Å². The Kier molecular flexibility index (Phi) is 3.87. The molecule has 0 aliphatic carbocycles. The second-order valence-electron chi connectivity index (χ2n) is 6.16. The molecule has 3 rings (SSSR count). The molecule has 0 aliphatic heterocycles. The Bertz CT molecular complexity index is 869. The van der Waals surface area contributed by atoms with Crippen molar-refractivity contribution in [3.8, 4) is 11.5 Å². The van der Waals surface area contributed by atoms with Gasteiger partial charge in [-0.1, -0.05) is 24.3 Å². The highest BCUT2D eigenvalue weighted by atomic mass is 16.3. The maximum absolute atomic E-state index is 10.3. The molecule has 3 nitrogen and oxygen atoms in total. The van der Waals surface area contributed by atoms with Crippen LogP contribution in [0.25, 0.3) is 10.8 Å². The molecule has 118 valence electrons. The van der Waals surface area contributed by atoms with Crippen LogP contribution in [-0.2, 0) is 6.42 Å². The van der Waals surface area contributed by atoms with E-state index in [0.29, 0.717) is 6.42 Å². The van der Waals surface area contributed by atoms with Gasteiger partial charge in [0, 0.05) is 31.8 Å². The van der Waals surface area contributed by atoms with Crippen LogP contribution in [0.2, 0.25) is 0 Å². The zero-order chi connectivity index (χ0) is 16.6. The van der Waals surface area contributed by atoms with Crippen molar-refractivity contribution in [2.45, 2.75) is 13.3 Å². The molecule has 0 spiro atoms. The number of fused-ring (bicyclic) bond motifs is 1. The highest BCUT2D eigenvalue weighted by molar-refractivity contribution is 5.89. The summed E-state index contributed by atoms with van der Waals surface area (Å²) in [5.41, 5.74) is 4.45. The summed E-state index contributed by atoms with van der Waals surface area (Å²) in [4.78, 5) is 2.09. The molecule has 0 aromatic heterocycles. The summed E-state index contributed by atoms with van der Waals surface area (Å²) < 4.78 is 0. The fraction of sp³-hybridized carbons (Fsp3) is 0.200. The van der Waals surface area contributed by atoms with Gasteiger partial charge in [0.1, 0.15) is 11.5 Å². The fourth-order valence-corrected chi connectivity index (χ4v) is 3.09. The predicted molar refractivity (Wildman–Crippen MR) is 95.6 cm³/mol. The second kappa shape index (κ2) is 5.84. The Hall–Kier alpha value is -2.68. The molecule has 3 heteroatoms. The van der Waals surface area contributed by atoms with Gasteiger partial charge in [-0.15, -0.1) is 0 Å². The predicted octanol–water partition coefficient (Wildman–Crippen LogP) is 4.22. The van der Waals surface area contributed by atoms with Crippen LogP contribution in [-0.4, -0.2) is 24.3 Å². The van der Waals surface area contributed by atoms with E-state index in [1.165, 1.54) is 11.3 Å². The first-order chi connectivity index (χ1) is 11.0. The lowest BCUT2D eigenvalue weighted by Crippen LogP contribution is -2.10. The molecule has 0 unspecified atom stereocenters. The smallest absolute Gasteiger partial charge is 0.119 e. The van der Waals surface area contributed by atoms with E-state index in [-0.39, 0.29) is 11.5 Å². The first-order valence-electron chi connectivity index (χ1n) is 7.66. The van der Waals surface area contributed by atoms with Crippen molar-refractivity contribution in [1.82, 2.24) is 0 Å². The van der Waals surface area contributed by atoms with Crippen LogP contribution >= 0.6 is 0 Å². The number of aryl methyl sites for hydroxylation is 1. The summed E-state index contributed by atoms with van der Waals surface area (Å²) in [6, 6.07) is 15.1. The number of benzene rings is 3. The lowest BCUT2D eigenvalue weighted by Gasteiger charge is -2.17. The summed E-state index contributed by atoms with van der Waals surface area (Å²) in [5.74, 6) is 0.526. The molecule has 3 aromatic rings. The number of phenolic OH excluding ortho intramolecular Hbond substituents is 2. The van der Waals surface area contributed by atoms with Gasteiger partial charge in [-0.25, -0.2) is 0 Å². The number of rotatable bonds is 3. The van der Waals surface area contributed by atoms with E-state index in [0.717, 1.165) is 21.9 Å². The summed E-state index contributed by atoms with van der Waals surface area (Å²) in [6.07, 6.45) is 0.655. The minimum atomic E-state index is 0.236. The molecule has 0 atom stereocenters. The highest BCUT2D eigenvalue weighted by Gasteiger charge is 2.10. The third-order valence-electron chi connectivity index (χ3n) is 4.21. The molecule has 0 fully saturated rings. The van der Waals surface area contributed by atoms with Crippen LogP contribution in [0.15, 0.2) is 48.5 Å². The maximum atomic E-state index is 10.3. The van der Waals surface area contributed by atoms with Gasteiger partial charge < -0.3 is 15.1 Å². The van der Waals surface area contributed by atoms with Crippen LogP contribution in [0, 0.1) is 6.92 Å². The average molecular weight is 307 g/mol. The van der Waals surface area contributed by atoms with Crippen molar-refractivity contribution in [3.05, 3.63) is 65.2 Å². The van der Waals surface area contributed by atoms with E-state index < -0.39 is 0 Å². The highest BCUT2D eigenvalue weighted by Crippen LogP contribution is 2.32. The van der Waals surface area contributed by atoms with E-state index in [2.05, 4.69) is 30.0 Å². The van der Waals surface area contributed by atoms with E-state index >= 15 is 0 Å². The van der Waals surface area contributed by atoms with Crippen molar-refractivity contribution >= 4 is 16.5 Å². The Labute approximate surface area is 136 Å². The van der Waals surface area contributed by atoms with Crippen LogP contribution in [0.3, 0.4) is 0 Å². The van der Waals surface area contributed by atoms with Crippen molar-refractivity contribution < 1.29 is 10.2 Å². The van der Waals surface area contributed by atoms with Gasteiger partial charge in [0.25, 0.3) is 0 Å². The molecule has 0 aliphatic rings. The lowest BCUT2D eigenvalue weighted by atomic mass is 9.96. The van der Waals surface area contributed by atoms with Crippen LogP contribution < -0.4 is 4.90 Å². The van der Waals surface area contributed by atoms with Gasteiger partial charge in [-0.3, -0.25) is 0 Å². The van der Waals surface area contributed by atoms with Gasteiger partial charge in [-0.05, 0) is 53.1 Å². The number of hydrogen-bond donors (Lipinski definition) is 2. The van der Waals surface area contributed by atoms with E-state index in [9.17, 15) is 10.2 Å². The van der Waals surface area contributed by atoms with Crippen LogP contribution in [0.1, 0.15) is 16.7 Å². The van der Waals surface area contributed by atoms with E-state index in [1.54, 1.807) is 18.2 Å². The summed E-state index contributed by atoms with van der Waals surface area (Å²) in [6.45, 7) is 2.10. The van der Waals surface area contributed by atoms with E-state index in [1.807, 2.05) is 26.2 Å². The third-order valence-corrected chi connectivity index (χ3v) is 4.21. The standard InChI is InChI=1S/C20H21NO2/c1-13-10-14(4-8-19(13)21(2)3)11-18-17-7-6-16(22)12-15(17)5-9-20(18)23/h4-10,12,22-23H,11H2,1-3H3. The number of anilines is 1. The maximum Gasteiger partial charge on any atom is 0.119 e. The molecule has 2 N–H and O–H groups in total. The van der Waals surface area contributed by atoms with Gasteiger partial charge in [0.05, 0.1) is 0 Å². The molecule has 0 heterocycles. The van der Waals surface area contributed by atoms with E-state index in [4.69, 9.17) is 0 Å². The molecule has 23 heavy (non-hydrogen) atoms. The van der Waals surface area contributed by atoms with Crippen molar-refractivity contribution in [1.29, 1.82) is 0 Å². The van der Waals surface area contributed by atoms with Gasteiger partial charge in [-0.2, -0.15) is 0 Å². The van der Waals surface area contributed by atoms with Gasteiger partial charge in [0.2, 0.25) is 0 Å². The second-order valence-corrected chi connectivity index (χ2v) is 6.16. The number of hydrogen-bond acceptors (Lipinski definition) is 3. The SMILES string of the molecule is Cc1cc(Cc2c(O)ccc3cc(O)ccc23)ccc1N(C)C. The minimum absolute atomic E-state index is 0.236. The fourth-order valence-electron chi connectivity index (χ4n) is 3.09. The molecule has 0 amide bonds. The first-order valence-corrected chi connectivity index (χ1v) is 7.66. The molecule has 3 aromatic carbocycles. The Morgan fingerprint density at radius 3 is 2.39 bits per heavy atom. The summed E-state index contributed by atoms with van der Waals surface area (Å²) in [7, 11) is 4.07. The third kappa shape index (κ3) is 2.95. The molecule has 0 bridgehead atoms. The van der Waals surface area contributed by atoms with Gasteiger partial charge >= 0.3 is 0 Å². The largest absolute Gasteiger partial charge is 0.508 e. The monoisotopic (exact) mass is 307 g/mol. The van der Waals surface area contributed by atoms with Gasteiger partial charge in [0.15, 0.2) is 0 Å². The summed E-state index contributed by atoms with van der Waals surface area (Å²) >= 11 is 0. The molecular weight excluding hydrogens is 286 g/mol. The minimum Gasteiger partial charge on any atom is -0.508 e. The van der Waals surface area contributed by atoms with Crippen LogP contribution in [0.5, 0.6) is 11.5 Å². The Morgan fingerprint density at radius 1 is 0.913 bits per heavy atom. The number of phenols is 2. The number of aromatic hydroxyl groups is 2. The zero-order valence-corrected chi connectivity index (χ0v) is 13.7. The number of nitrogens with zero attached hydrogens (tertiary/aromatic N) is 1. The van der Waals surface area contributed by atoms with Crippen molar-refractivity contribution in [3.63, 3.8) is 0 Å². The summed E-state index contributed by atoms with van der Waals surface area (Å²) in [5, 5.41) is 21.8. The molecule has 0 radical (unpaired) electrons. The van der Waals surface area contributed by atoms with Crippen molar-refractivity contribution in [2.24, 2.45) is 0 Å². The first kappa shape index (κ1) is 15.2. The quantitative estimate of drug-likeness (QED) is 0.761. The Morgan fingerprint density at radius 2 is 1.70 bits per heavy atom. The average Bonchev–Trinajstić information content (AvgIpc) is 2.50. The normalized spacial score (nSPS) is 10.9. The molecule has 0 saturated carbocycles. The van der Waals surface area contributed by atoms with Crippen LogP contribution in [0.4, 0.5) is 5.69 Å². The molecular formula is C20H21NO2. The van der Waals surface area contributed by atoms with Crippen molar-refractivity contribution in [2.75, 3.05) is 19.0 Å². The Balaban J connectivity index is 2.04. The zero-order valence-electron chi connectivity index (χ0n) is 13.7.